The molecular formula is C20H41N. The van der Waals surface area contributed by atoms with Crippen LogP contribution in [0.1, 0.15) is 87.0 Å². The minimum atomic E-state index is 0.432. The summed E-state index contributed by atoms with van der Waals surface area (Å²) in [5, 5.41) is 3.79. The first-order valence-electron chi connectivity index (χ1n) is 9.40. The van der Waals surface area contributed by atoms with Crippen LogP contribution in [0.25, 0.3) is 0 Å². The zero-order valence-electron chi connectivity index (χ0n) is 15.9. The Labute approximate surface area is 134 Å². The highest BCUT2D eigenvalue weighted by molar-refractivity contribution is 4.82. The Bertz CT molecular complexity index is 290. The van der Waals surface area contributed by atoms with E-state index in [1.165, 1.54) is 51.6 Å². The van der Waals surface area contributed by atoms with Crippen LogP contribution in [0.3, 0.4) is 0 Å². The van der Waals surface area contributed by atoms with Gasteiger partial charge in [0.05, 0.1) is 0 Å². The van der Waals surface area contributed by atoms with Crippen molar-refractivity contribution < 1.29 is 0 Å². The Morgan fingerprint density at radius 1 is 0.952 bits per heavy atom. The molecule has 3 atom stereocenters. The molecule has 126 valence electrons. The average molecular weight is 296 g/mol. The van der Waals surface area contributed by atoms with Crippen LogP contribution in [0.15, 0.2) is 0 Å². The third kappa shape index (κ3) is 6.72. The molecule has 0 aromatic rings. The van der Waals surface area contributed by atoms with Crippen LogP contribution in [0.5, 0.6) is 0 Å². The minimum Gasteiger partial charge on any atom is -0.316 e. The fourth-order valence-corrected chi connectivity index (χ4v) is 4.24. The second-order valence-electron chi connectivity index (χ2n) is 9.33. The van der Waals surface area contributed by atoms with Gasteiger partial charge in [-0.1, -0.05) is 61.3 Å². The molecule has 0 aliphatic carbocycles. The normalized spacial score (nSPS) is 34.7. The maximum atomic E-state index is 3.79. The quantitative estimate of drug-likeness (QED) is 0.669. The van der Waals surface area contributed by atoms with E-state index in [1.807, 2.05) is 0 Å². The number of hydrogen-bond acceptors (Lipinski definition) is 1. The van der Waals surface area contributed by atoms with Crippen molar-refractivity contribution in [1.29, 1.82) is 0 Å². The summed E-state index contributed by atoms with van der Waals surface area (Å²) in [6, 6.07) is 0. The van der Waals surface area contributed by atoms with Crippen LogP contribution in [-0.2, 0) is 0 Å². The van der Waals surface area contributed by atoms with Crippen molar-refractivity contribution in [1.82, 2.24) is 5.32 Å². The molecule has 1 heteroatoms. The molecule has 1 heterocycles. The van der Waals surface area contributed by atoms with Crippen LogP contribution in [0.4, 0.5) is 0 Å². The van der Waals surface area contributed by atoms with Crippen LogP contribution < -0.4 is 5.32 Å². The summed E-state index contributed by atoms with van der Waals surface area (Å²) < 4.78 is 0. The fraction of sp³-hybridized carbons (Fsp3) is 1.00. The first-order valence-corrected chi connectivity index (χ1v) is 9.40. The molecule has 0 aromatic heterocycles. The Kier molecular flexibility index (Phi) is 7.24. The van der Waals surface area contributed by atoms with Crippen LogP contribution in [0, 0.1) is 28.6 Å². The molecule has 0 radical (unpaired) electrons. The lowest BCUT2D eigenvalue weighted by Gasteiger charge is -2.37. The summed E-state index contributed by atoms with van der Waals surface area (Å²) in [7, 11) is 0. The van der Waals surface area contributed by atoms with E-state index in [4.69, 9.17) is 0 Å². The van der Waals surface area contributed by atoms with E-state index in [-0.39, 0.29) is 0 Å². The number of nitrogens with one attached hydrogen (secondary N) is 1. The van der Waals surface area contributed by atoms with E-state index in [0.717, 1.165) is 17.8 Å². The molecule has 0 bridgehead atoms. The van der Waals surface area contributed by atoms with E-state index < -0.39 is 0 Å². The molecule has 1 aliphatic heterocycles. The van der Waals surface area contributed by atoms with Crippen molar-refractivity contribution in [3.63, 3.8) is 0 Å². The average Bonchev–Trinajstić information content (AvgIpc) is 2.40. The zero-order valence-corrected chi connectivity index (χ0v) is 15.9. The summed E-state index contributed by atoms with van der Waals surface area (Å²) in [4.78, 5) is 0. The number of hydrogen-bond donors (Lipinski definition) is 1. The zero-order chi connectivity index (χ0) is 16.1. The molecule has 0 saturated carbocycles. The molecule has 1 saturated heterocycles. The summed E-state index contributed by atoms with van der Waals surface area (Å²) in [6.07, 6.45) is 8.19. The third-order valence-electron chi connectivity index (χ3n) is 5.88. The topological polar surface area (TPSA) is 12.0 Å². The predicted octanol–water partition coefficient (Wildman–Crippen LogP) is 5.89. The Morgan fingerprint density at radius 2 is 1.62 bits per heavy atom. The maximum Gasteiger partial charge on any atom is 0.000274 e. The van der Waals surface area contributed by atoms with E-state index in [0.29, 0.717) is 10.8 Å². The molecule has 0 aromatic carbocycles. The van der Waals surface area contributed by atoms with E-state index >= 15 is 0 Å². The van der Waals surface area contributed by atoms with Crippen molar-refractivity contribution in [2.45, 2.75) is 87.0 Å². The maximum absolute atomic E-state index is 3.79. The van der Waals surface area contributed by atoms with Gasteiger partial charge in [0, 0.05) is 6.54 Å². The van der Waals surface area contributed by atoms with Gasteiger partial charge < -0.3 is 5.32 Å². The lowest BCUT2D eigenvalue weighted by molar-refractivity contribution is 0.154. The van der Waals surface area contributed by atoms with Crippen LogP contribution in [-0.4, -0.2) is 13.1 Å². The summed E-state index contributed by atoms with van der Waals surface area (Å²) >= 11 is 0. The van der Waals surface area contributed by atoms with E-state index in [9.17, 15) is 0 Å². The van der Waals surface area contributed by atoms with Gasteiger partial charge in [-0.15, -0.1) is 0 Å². The van der Waals surface area contributed by atoms with E-state index in [2.05, 4.69) is 53.8 Å². The molecule has 1 aliphatic rings. The minimum absolute atomic E-state index is 0.432. The van der Waals surface area contributed by atoms with Gasteiger partial charge in [-0.3, -0.25) is 0 Å². The lowest BCUT2D eigenvalue weighted by Crippen LogP contribution is -2.36. The smallest absolute Gasteiger partial charge is 0.000274 e. The second-order valence-corrected chi connectivity index (χ2v) is 9.33. The Hall–Kier alpha value is -0.0400. The number of rotatable bonds is 2. The SMILES string of the molecule is CCC1CNCC(C)(C)CC(CC)C(C)CCC(C)(C)C1. The van der Waals surface area contributed by atoms with Crippen molar-refractivity contribution in [3.8, 4) is 0 Å². The molecule has 21 heavy (non-hydrogen) atoms. The Morgan fingerprint density at radius 3 is 2.19 bits per heavy atom. The Balaban J connectivity index is 2.81. The van der Waals surface area contributed by atoms with Crippen molar-refractivity contribution >= 4 is 0 Å². The van der Waals surface area contributed by atoms with Gasteiger partial charge >= 0.3 is 0 Å². The highest BCUT2D eigenvalue weighted by Crippen LogP contribution is 2.38. The van der Waals surface area contributed by atoms with Crippen molar-refractivity contribution in [2.75, 3.05) is 13.1 Å². The van der Waals surface area contributed by atoms with Crippen molar-refractivity contribution in [2.24, 2.45) is 28.6 Å². The van der Waals surface area contributed by atoms with Gasteiger partial charge in [0.1, 0.15) is 0 Å². The van der Waals surface area contributed by atoms with Crippen molar-refractivity contribution in [3.05, 3.63) is 0 Å². The molecule has 1 fully saturated rings. The summed E-state index contributed by atoms with van der Waals surface area (Å²) in [5.41, 5.74) is 0.936. The monoisotopic (exact) mass is 295 g/mol. The van der Waals surface area contributed by atoms with Gasteiger partial charge in [-0.25, -0.2) is 0 Å². The molecule has 1 nitrogen and oxygen atoms in total. The summed E-state index contributed by atoms with van der Waals surface area (Å²) in [6.45, 7) is 19.5. The largest absolute Gasteiger partial charge is 0.316 e. The first kappa shape index (κ1) is 19.0. The van der Waals surface area contributed by atoms with Gasteiger partial charge in [-0.2, -0.15) is 0 Å². The fourth-order valence-electron chi connectivity index (χ4n) is 4.24. The molecule has 0 spiro atoms. The van der Waals surface area contributed by atoms with Crippen LogP contribution >= 0.6 is 0 Å². The van der Waals surface area contributed by atoms with Gasteiger partial charge in [-0.05, 0) is 60.8 Å². The molecule has 0 amide bonds. The second kappa shape index (κ2) is 7.99. The highest BCUT2D eigenvalue weighted by atomic mass is 14.9. The third-order valence-corrected chi connectivity index (χ3v) is 5.88. The molecular weight excluding hydrogens is 254 g/mol. The predicted molar refractivity (Wildman–Crippen MR) is 95.6 cm³/mol. The molecule has 3 unspecified atom stereocenters. The summed E-state index contributed by atoms with van der Waals surface area (Å²) in [5.74, 6) is 2.60. The molecule has 1 N–H and O–H groups in total. The van der Waals surface area contributed by atoms with Gasteiger partial charge in [0.15, 0.2) is 0 Å². The standard InChI is InChI=1S/C20H41N/c1-8-17-12-19(4,5)11-10-16(3)18(9-2)13-20(6,7)15-21-14-17/h16-18,21H,8-15H2,1-7H3. The molecule has 1 rings (SSSR count). The van der Waals surface area contributed by atoms with Gasteiger partial charge in [0.25, 0.3) is 0 Å². The van der Waals surface area contributed by atoms with E-state index in [1.54, 1.807) is 0 Å². The first-order chi connectivity index (χ1) is 9.69. The lowest BCUT2D eigenvalue weighted by atomic mass is 9.71. The van der Waals surface area contributed by atoms with Crippen LogP contribution in [0.2, 0.25) is 0 Å². The van der Waals surface area contributed by atoms with Gasteiger partial charge in [0.2, 0.25) is 0 Å². The highest BCUT2D eigenvalue weighted by Gasteiger charge is 2.29.